The summed E-state index contributed by atoms with van der Waals surface area (Å²) in [6, 6.07) is 10.7. The number of pyridine rings is 1. The molecule has 146 valence electrons. The lowest BCUT2D eigenvalue weighted by Gasteiger charge is -2.29. The molecule has 0 unspecified atom stereocenters. The van der Waals surface area contributed by atoms with Gasteiger partial charge < -0.3 is 5.32 Å². The fourth-order valence-corrected chi connectivity index (χ4v) is 4.08. The zero-order chi connectivity index (χ0) is 19.3. The second kappa shape index (κ2) is 8.80. The van der Waals surface area contributed by atoms with Crippen LogP contribution in [-0.2, 0) is 10.0 Å². The number of nitrogens with zero attached hydrogens (tertiary/aromatic N) is 1. The highest BCUT2D eigenvalue weighted by Crippen LogP contribution is 2.27. The molecule has 1 aliphatic rings. The summed E-state index contributed by atoms with van der Waals surface area (Å²) in [7, 11) is -3.11. The van der Waals surface area contributed by atoms with Crippen molar-refractivity contribution in [3.63, 3.8) is 0 Å². The minimum atomic E-state index is -3.11. The highest BCUT2D eigenvalue weighted by Gasteiger charge is 2.22. The lowest BCUT2D eigenvalue weighted by molar-refractivity contribution is 0.337. The summed E-state index contributed by atoms with van der Waals surface area (Å²) in [5, 5.41) is 3.45. The van der Waals surface area contributed by atoms with E-state index in [0.717, 1.165) is 42.6 Å². The van der Waals surface area contributed by atoms with Gasteiger partial charge in [0.2, 0.25) is 10.0 Å². The number of halogens is 1. The molecule has 0 spiro atoms. The van der Waals surface area contributed by atoms with Gasteiger partial charge in [-0.05, 0) is 68.4 Å². The van der Waals surface area contributed by atoms with Crippen molar-refractivity contribution in [1.82, 2.24) is 9.71 Å². The number of benzene rings is 1. The number of aromatic nitrogens is 1. The Labute approximate surface area is 160 Å². The van der Waals surface area contributed by atoms with Gasteiger partial charge in [0.25, 0.3) is 0 Å². The number of hydrogen-bond acceptors (Lipinski definition) is 4. The van der Waals surface area contributed by atoms with E-state index in [4.69, 9.17) is 0 Å². The molecular weight excluding hydrogens is 365 g/mol. The first kappa shape index (κ1) is 19.8. The number of hydrogen-bond donors (Lipinski definition) is 2. The molecule has 0 atom stereocenters. The van der Waals surface area contributed by atoms with E-state index in [2.05, 4.69) is 15.0 Å². The number of rotatable bonds is 7. The molecule has 1 aromatic heterocycles. The highest BCUT2D eigenvalue weighted by atomic mass is 32.2. The van der Waals surface area contributed by atoms with Gasteiger partial charge in [-0.1, -0.05) is 12.1 Å². The van der Waals surface area contributed by atoms with Crippen molar-refractivity contribution >= 4 is 15.8 Å². The number of sulfonamides is 1. The fraction of sp³-hybridized carbons (Fsp3) is 0.450. The van der Waals surface area contributed by atoms with Gasteiger partial charge in [0, 0.05) is 24.3 Å². The van der Waals surface area contributed by atoms with E-state index in [-0.39, 0.29) is 11.6 Å². The smallest absolute Gasteiger partial charge is 0.211 e. The third kappa shape index (κ3) is 5.74. The van der Waals surface area contributed by atoms with Gasteiger partial charge in [-0.15, -0.1) is 0 Å². The topological polar surface area (TPSA) is 71.1 Å². The molecule has 0 bridgehead atoms. The van der Waals surface area contributed by atoms with Crippen LogP contribution in [-0.4, -0.2) is 31.7 Å². The van der Waals surface area contributed by atoms with Crippen molar-refractivity contribution < 1.29 is 12.8 Å². The molecule has 7 heteroatoms. The van der Waals surface area contributed by atoms with Gasteiger partial charge in [-0.2, -0.15) is 0 Å². The summed E-state index contributed by atoms with van der Waals surface area (Å²) in [5.41, 5.74) is 1.69. The molecule has 2 N–H and O–H groups in total. The Morgan fingerprint density at radius 3 is 2.52 bits per heavy atom. The van der Waals surface area contributed by atoms with Gasteiger partial charge in [-0.3, -0.25) is 0 Å². The highest BCUT2D eigenvalue weighted by molar-refractivity contribution is 7.89. The van der Waals surface area contributed by atoms with Gasteiger partial charge in [0.05, 0.1) is 5.75 Å². The Kier molecular flexibility index (Phi) is 6.44. The van der Waals surface area contributed by atoms with E-state index < -0.39 is 10.0 Å². The van der Waals surface area contributed by atoms with E-state index >= 15 is 0 Å². The first-order valence-electron chi connectivity index (χ1n) is 9.41. The SMILES string of the molecule is CCS(=O)(=O)NCC1CCC(Nc2ccc(-c3cccc(F)c3)cn2)CC1. The Hall–Kier alpha value is -1.99. The van der Waals surface area contributed by atoms with Crippen LogP contribution in [0.2, 0.25) is 0 Å². The van der Waals surface area contributed by atoms with Crippen molar-refractivity contribution in [3.05, 3.63) is 48.4 Å². The number of anilines is 1. The average molecular weight is 392 g/mol. The molecule has 1 heterocycles. The van der Waals surface area contributed by atoms with E-state index in [1.54, 1.807) is 19.2 Å². The Morgan fingerprint density at radius 2 is 1.89 bits per heavy atom. The summed E-state index contributed by atoms with van der Waals surface area (Å²) < 4.78 is 39.1. The maximum Gasteiger partial charge on any atom is 0.211 e. The normalized spacial score (nSPS) is 20.4. The lowest BCUT2D eigenvalue weighted by Crippen LogP contribution is -2.34. The van der Waals surface area contributed by atoms with E-state index in [9.17, 15) is 12.8 Å². The predicted molar refractivity (Wildman–Crippen MR) is 106 cm³/mol. The average Bonchev–Trinajstić information content (AvgIpc) is 2.68. The molecular formula is C20H26FN3O2S. The Balaban J connectivity index is 1.49. The molecule has 0 amide bonds. The van der Waals surface area contributed by atoms with E-state index in [1.807, 2.05) is 18.2 Å². The van der Waals surface area contributed by atoms with Crippen LogP contribution in [0, 0.1) is 11.7 Å². The van der Waals surface area contributed by atoms with E-state index in [1.165, 1.54) is 12.1 Å². The second-order valence-electron chi connectivity index (χ2n) is 7.06. The Morgan fingerprint density at radius 1 is 1.11 bits per heavy atom. The molecule has 1 fully saturated rings. The predicted octanol–water partition coefficient (Wildman–Crippen LogP) is 3.80. The molecule has 3 rings (SSSR count). The Bertz CT molecular complexity index is 848. The molecule has 0 aliphatic heterocycles. The molecule has 0 saturated heterocycles. The van der Waals surface area contributed by atoms with Crippen LogP contribution in [0.3, 0.4) is 0 Å². The lowest BCUT2D eigenvalue weighted by atomic mass is 9.86. The molecule has 1 aromatic carbocycles. The molecule has 2 aromatic rings. The van der Waals surface area contributed by atoms with Crippen molar-refractivity contribution in [2.75, 3.05) is 17.6 Å². The summed E-state index contributed by atoms with van der Waals surface area (Å²) in [5.74, 6) is 1.08. The van der Waals surface area contributed by atoms with Crippen LogP contribution in [0.15, 0.2) is 42.6 Å². The largest absolute Gasteiger partial charge is 0.367 e. The third-order valence-corrected chi connectivity index (χ3v) is 6.46. The van der Waals surface area contributed by atoms with Crippen LogP contribution in [0.25, 0.3) is 11.1 Å². The van der Waals surface area contributed by atoms with Gasteiger partial charge in [0.1, 0.15) is 11.6 Å². The van der Waals surface area contributed by atoms with E-state index in [0.29, 0.717) is 18.5 Å². The van der Waals surface area contributed by atoms with Gasteiger partial charge >= 0.3 is 0 Å². The van der Waals surface area contributed by atoms with Crippen LogP contribution in [0.4, 0.5) is 10.2 Å². The second-order valence-corrected chi connectivity index (χ2v) is 9.15. The quantitative estimate of drug-likeness (QED) is 0.753. The molecule has 5 nitrogen and oxygen atoms in total. The summed E-state index contributed by atoms with van der Waals surface area (Å²) >= 11 is 0. The van der Waals surface area contributed by atoms with Crippen LogP contribution in [0.5, 0.6) is 0 Å². The van der Waals surface area contributed by atoms with Crippen molar-refractivity contribution in [3.8, 4) is 11.1 Å². The van der Waals surface area contributed by atoms with Crippen LogP contribution in [0.1, 0.15) is 32.6 Å². The third-order valence-electron chi connectivity index (χ3n) is 5.09. The summed E-state index contributed by atoms with van der Waals surface area (Å²) in [6.45, 7) is 2.18. The molecule has 1 saturated carbocycles. The zero-order valence-electron chi connectivity index (χ0n) is 15.5. The summed E-state index contributed by atoms with van der Waals surface area (Å²) in [4.78, 5) is 4.45. The monoisotopic (exact) mass is 391 g/mol. The maximum atomic E-state index is 13.3. The van der Waals surface area contributed by atoms with Crippen molar-refractivity contribution in [2.24, 2.45) is 5.92 Å². The molecule has 1 aliphatic carbocycles. The molecule has 0 radical (unpaired) electrons. The fourth-order valence-electron chi connectivity index (χ4n) is 3.38. The summed E-state index contributed by atoms with van der Waals surface area (Å²) in [6.07, 6.45) is 5.72. The first-order valence-corrected chi connectivity index (χ1v) is 11.1. The van der Waals surface area contributed by atoms with Gasteiger partial charge in [0.15, 0.2) is 0 Å². The zero-order valence-corrected chi connectivity index (χ0v) is 16.3. The van der Waals surface area contributed by atoms with Crippen LogP contribution < -0.4 is 10.0 Å². The van der Waals surface area contributed by atoms with Gasteiger partial charge in [-0.25, -0.2) is 22.5 Å². The first-order chi connectivity index (χ1) is 12.9. The van der Waals surface area contributed by atoms with Crippen molar-refractivity contribution in [1.29, 1.82) is 0 Å². The molecule has 27 heavy (non-hydrogen) atoms. The number of nitrogens with one attached hydrogen (secondary N) is 2. The maximum absolute atomic E-state index is 13.3. The minimum Gasteiger partial charge on any atom is -0.367 e. The van der Waals surface area contributed by atoms with Crippen LogP contribution >= 0.6 is 0 Å². The standard InChI is InChI=1S/C20H26FN3O2S/c1-2-27(25,26)23-13-15-6-9-19(10-7-15)24-20-11-8-17(14-22-20)16-4-3-5-18(21)12-16/h3-5,8,11-12,14-15,19,23H,2,6-7,9-10,13H2,1H3,(H,22,24). The minimum absolute atomic E-state index is 0.126. The van der Waals surface area contributed by atoms with Crippen molar-refractivity contribution in [2.45, 2.75) is 38.6 Å².